The minimum atomic E-state index is 0.228. The molecule has 0 aliphatic carbocycles. The Balaban J connectivity index is 1.98. The number of benzene rings is 2. The topological polar surface area (TPSA) is 12.0 Å². The molecule has 2 aromatic rings. The summed E-state index contributed by atoms with van der Waals surface area (Å²) in [6.45, 7) is 11.9. The maximum Gasteiger partial charge on any atom is 0.0366 e. The van der Waals surface area contributed by atoms with Crippen molar-refractivity contribution in [1.29, 1.82) is 0 Å². The van der Waals surface area contributed by atoms with Crippen molar-refractivity contribution in [2.24, 2.45) is 5.41 Å². The second kappa shape index (κ2) is 6.78. The maximum absolute atomic E-state index is 4.01. The Kier molecular flexibility index (Phi) is 4.73. The Labute approximate surface area is 146 Å². The van der Waals surface area contributed by atoms with Crippen molar-refractivity contribution in [2.75, 3.05) is 6.54 Å². The van der Waals surface area contributed by atoms with Crippen molar-refractivity contribution >= 4 is 6.08 Å². The number of hydrogen-bond donors (Lipinski definition) is 1. The van der Waals surface area contributed by atoms with Crippen LogP contribution in [-0.2, 0) is 0 Å². The number of hydrogen-bond acceptors (Lipinski definition) is 1. The molecule has 1 heteroatoms. The molecule has 1 nitrogen and oxygen atoms in total. The van der Waals surface area contributed by atoms with Crippen molar-refractivity contribution in [2.45, 2.75) is 33.2 Å². The predicted molar refractivity (Wildman–Crippen MR) is 105 cm³/mol. The lowest BCUT2D eigenvalue weighted by molar-refractivity contribution is 0.423. The van der Waals surface area contributed by atoms with Crippen molar-refractivity contribution in [1.82, 2.24) is 5.32 Å². The summed E-state index contributed by atoms with van der Waals surface area (Å²) in [4.78, 5) is 0. The third-order valence-corrected chi connectivity index (χ3v) is 4.89. The van der Waals surface area contributed by atoms with E-state index in [-0.39, 0.29) is 5.41 Å². The molecule has 0 bridgehead atoms. The van der Waals surface area contributed by atoms with E-state index in [4.69, 9.17) is 0 Å². The zero-order valence-corrected chi connectivity index (χ0v) is 15.0. The van der Waals surface area contributed by atoms with Gasteiger partial charge in [-0.25, -0.2) is 0 Å². The third kappa shape index (κ3) is 3.52. The van der Waals surface area contributed by atoms with Gasteiger partial charge in [0.05, 0.1) is 0 Å². The van der Waals surface area contributed by atoms with Gasteiger partial charge in [-0.05, 0) is 40.2 Å². The maximum atomic E-state index is 4.01. The van der Waals surface area contributed by atoms with Gasteiger partial charge in [-0.3, -0.25) is 0 Å². The van der Waals surface area contributed by atoms with Gasteiger partial charge < -0.3 is 5.32 Å². The Morgan fingerprint density at radius 1 is 1.04 bits per heavy atom. The summed E-state index contributed by atoms with van der Waals surface area (Å²) in [6, 6.07) is 17.6. The van der Waals surface area contributed by atoms with Gasteiger partial charge in [0, 0.05) is 12.6 Å². The van der Waals surface area contributed by atoms with E-state index in [0.29, 0.717) is 6.04 Å². The first kappa shape index (κ1) is 16.7. The molecule has 0 amide bonds. The minimum absolute atomic E-state index is 0.228. The Bertz CT molecular complexity index is 747. The lowest BCUT2D eigenvalue weighted by atomic mass is 9.79. The highest BCUT2D eigenvalue weighted by Gasteiger charge is 2.25. The Hall–Kier alpha value is -2.12. The molecule has 3 rings (SSSR count). The first-order chi connectivity index (χ1) is 11.5. The van der Waals surface area contributed by atoms with Gasteiger partial charge in [-0.15, -0.1) is 0 Å². The lowest BCUT2D eigenvalue weighted by Crippen LogP contribution is -2.30. The van der Waals surface area contributed by atoms with E-state index in [0.717, 1.165) is 13.0 Å². The first-order valence-electron chi connectivity index (χ1n) is 8.74. The van der Waals surface area contributed by atoms with E-state index in [1.54, 1.807) is 0 Å². The molecule has 1 N–H and O–H groups in total. The second-order valence-corrected chi connectivity index (χ2v) is 7.56. The normalized spacial score (nSPS) is 18.1. The molecule has 1 unspecified atom stereocenters. The standard InChI is InChI=1S/C23H27N/c1-5-17-11-12-19(18-9-7-6-8-10-18)15-21(17)22-16-20(13-14-24-22)23(2,3)4/h5-13,15,22,24H,1,14,16H2,2-4H3. The average molecular weight is 317 g/mol. The van der Waals surface area contributed by atoms with Crippen LogP contribution < -0.4 is 5.32 Å². The smallest absolute Gasteiger partial charge is 0.0366 e. The summed E-state index contributed by atoms with van der Waals surface area (Å²) in [7, 11) is 0. The summed E-state index contributed by atoms with van der Waals surface area (Å²) in [5.41, 5.74) is 6.86. The van der Waals surface area contributed by atoms with Gasteiger partial charge in [-0.1, -0.05) is 87.5 Å². The summed E-state index contributed by atoms with van der Waals surface area (Å²) in [5, 5.41) is 3.67. The van der Waals surface area contributed by atoms with Crippen LogP contribution in [0.2, 0.25) is 0 Å². The van der Waals surface area contributed by atoms with Crippen LogP contribution in [0.3, 0.4) is 0 Å². The van der Waals surface area contributed by atoms with Crippen molar-refractivity contribution in [3.8, 4) is 11.1 Å². The second-order valence-electron chi connectivity index (χ2n) is 7.56. The van der Waals surface area contributed by atoms with Crippen LogP contribution in [0.1, 0.15) is 44.4 Å². The monoisotopic (exact) mass is 317 g/mol. The molecule has 2 aromatic carbocycles. The fraction of sp³-hybridized carbons (Fsp3) is 0.304. The third-order valence-electron chi connectivity index (χ3n) is 4.89. The van der Waals surface area contributed by atoms with E-state index >= 15 is 0 Å². The van der Waals surface area contributed by atoms with Crippen molar-refractivity contribution in [3.63, 3.8) is 0 Å². The van der Waals surface area contributed by atoms with Gasteiger partial charge in [-0.2, -0.15) is 0 Å². The van der Waals surface area contributed by atoms with Crippen molar-refractivity contribution < 1.29 is 0 Å². The molecule has 0 saturated carbocycles. The van der Waals surface area contributed by atoms with Crippen molar-refractivity contribution in [3.05, 3.63) is 77.9 Å². The van der Waals surface area contributed by atoms with Gasteiger partial charge in [0.25, 0.3) is 0 Å². The van der Waals surface area contributed by atoms with Crippen LogP contribution >= 0.6 is 0 Å². The zero-order valence-electron chi connectivity index (χ0n) is 15.0. The Morgan fingerprint density at radius 3 is 2.46 bits per heavy atom. The van der Waals surface area contributed by atoms with Gasteiger partial charge >= 0.3 is 0 Å². The molecule has 0 fully saturated rings. The molecular weight excluding hydrogens is 290 g/mol. The van der Waals surface area contributed by atoms with Crippen LogP contribution in [0.25, 0.3) is 17.2 Å². The highest BCUT2D eigenvalue weighted by atomic mass is 14.9. The van der Waals surface area contributed by atoms with E-state index in [9.17, 15) is 0 Å². The quantitative estimate of drug-likeness (QED) is 0.684. The van der Waals surface area contributed by atoms with E-state index < -0.39 is 0 Å². The molecular formula is C23H27N. The van der Waals surface area contributed by atoms with Crippen LogP contribution in [-0.4, -0.2) is 6.54 Å². The summed E-state index contributed by atoms with van der Waals surface area (Å²) < 4.78 is 0. The molecule has 1 aliphatic rings. The average Bonchev–Trinajstić information content (AvgIpc) is 2.61. The van der Waals surface area contributed by atoms with Crippen LogP contribution in [0, 0.1) is 5.41 Å². The minimum Gasteiger partial charge on any atom is -0.306 e. The molecule has 124 valence electrons. The highest BCUT2D eigenvalue weighted by Crippen LogP contribution is 2.37. The number of nitrogens with one attached hydrogen (secondary N) is 1. The van der Waals surface area contributed by atoms with Crippen LogP contribution in [0.4, 0.5) is 0 Å². The molecule has 1 heterocycles. The molecule has 1 atom stereocenters. The highest BCUT2D eigenvalue weighted by molar-refractivity contribution is 5.68. The summed E-state index contributed by atoms with van der Waals surface area (Å²) in [5.74, 6) is 0. The van der Waals surface area contributed by atoms with E-state index in [2.05, 4.69) is 87.3 Å². The van der Waals surface area contributed by atoms with Gasteiger partial charge in [0.15, 0.2) is 0 Å². The SMILES string of the molecule is C=Cc1ccc(-c2ccccc2)cc1C1CC(C(C)(C)C)=CCN1. The summed E-state index contributed by atoms with van der Waals surface area (Å²) in [6.07, 6.45) is 5.38. The molecule has 1 aliphatic heterocycles. The lowest BCUT2D eigenvalue weighted by Gasteiger charge is -2.32. The predicted octanol–water partition coefficient (Wildman–Crippen LogP) is 6.00. The van der Waals surface area contributed by atoms with E-state index in [1.165, 1.54) is 27.8 Å². The molecule has 0 aromatic heterocycles. The van der Waals surface area contributed by atoms with Crippen LogP contribution in [0.5, 0.6) is 0 Å². The van der Waals surface area contributed by atoms with Gasteiger partial charge in [0.1, 0.15) is 0 Å². The zero-order chi connectivity index (χ0) is 17.2. The molecule has 0 radical (unpaired) electrons. The fourth-order valence-electron chi connectivity index (χ4n) is 3.40. The molecule has 0 saturated heterocycles. The molecule has 24 heavy (non-hydrogen) atoms. The Morgan fingerprint density at radius 2 is 1.79 bits per heavy atom. The molecule has 0 spiro atoms. The first-order valence-corrected chi connectivity index (χ1v) is 8.74. The van der Waals surface area contributed by atoms with E-state index in [1.807, 2.05) is 6.08 Å². The fourth-order valence-corrected chi connectivity index (χ4v) is 3.40. The van der Waals surface area contributed by atoms with Gasteiger partial charge in [0.2, 0.25) is 0 Å². The summed E-state index contributed by atoms with van der Waals surface area (Å²) >= 11 is 0. The number of rotatable bonds is 3. The largest absolute Gasteiger partial charge is 0.306 e. The van der Waals surface area contributed by atoms with Crippen LogP contribution in [0.15, 0.2) is 66.8 Å².